The lowest BCUT2D eigenvalue weighted by Crippen LogP contribution is -2.50. The molecule has 1 rings (SSSR count). The molecule has 118 valence electrons. The number of nitrogens with zero attached hydrogens (tertiary/aromatic N) is 1. The fraction of sp³-hybridized carbons (Fsp3) is 0.308. The predicted octanol–water partition coefficient (Wildman–Crippen LogP) is -0.297. The van der Waals surface area contributed by atoms with Crippen LogP contribution in [0.5, 0.6) is 0 Å². The van der Waals surface area contributed by atoms with Crippen molar-refractivity contribution in [3.8, 4) is 0 Å². The van der Waals surface area contributed by atoms with Gasteiger partial charge in [0.15, 0.2) is 0 Å². The van der Waals surface area contributed by atoms with E-state index >= 15 is 0 Å². The molecule has 0 unspecified atom stereocenters. The van der Waals surface area contributed by atoms with Gasteiger partial charge in [0.1, 0.15) is 6.04 Å². The van der Waals surface area contributed by atoms with Crippen LogP contribution in [0.1, 0.15) is 24.2 Å². The number of nitrogens with one attached hydrogen (secondary N) is 2. The molecule has 22 heavy (non-hydrogen) atoms. The summed E-state index contributed by atoms with van der Waals surface area (Å²) in [5.74, 6) is -1.95. The van der Waals surface area contributed by atoms with Gasteiger partial charge in [0, 0.05) is 17.7 Å². The maximum atomic E-state index is 11.8. The Kier molecular flexibility index (Phi) is 5.70. The first-order chi connectivity index (χ1) is 10.2. The van der Waals surface area contributed by atoms with Gasteiger partial charge in [-0.05, 0) is 26.0 Å². The zero-order valence-electron chi connectivity index (χ0n) is 12.0. The van der Waals surface area contributed by atoms with Crippen molar-refractivity contribution in [1.82, 2.24) is 10.6 Å². The SMILES string of the molecule is C[C@H](N)C(=O)N[C@@H](C)C(=O)NC(=O)c1ccc([N+](=O)[O-])cc1. The van der Waals surface area contributed by atoms with Gasteiger partial charge in [-0.3, -0.25) is 29.8 Å². The van der Waals surface area contributed by atoms with E-state index < -0.39 is 34.7 Å². The first kappa shape index (κ1) is 17.2. The Labute approximate surface area is 126 Å². The third-order valence-corrected chi connectivity index (χ3v) is 2.74. The molecule has 0 fully saturated rings. The lowest BCUT2D eigenvalue weighted by atomic mass is 10.2. The summed E-state index contributed by atoms with van der Waals surface area (Å²) in [7, 11) is 0. The van der Waals surface area contributed by atoms with Crippen LogP contribution in [-0.2, 0) is 9.59 Å². The van der Waals surface area contributed by atoms with Crippen LogP contribution >= 0.6 is 0 Å². The lowest BCUT2D eigenvalue weighted by molar-refractivity contribution is -0.384. The molecule has 0 aliphatic carbocycles. The van der Waals surface area contributed by atoms with Gasteiger partial charge in [-0.15, -0.1) is 0 Å². The number of benzene rings is 1. The van der Waals surface area contributed by atoms with Gasteiger partial charge in [0.2, 0.25) is 11.8 Å². The van der Waals surface area contributed by atoms with Gasteiger partial charge in [-0.1, -0.05) is 0 Å². The molecule has 4 N–H and O–H groups in total. The van der Waals surface area contributed by atoms with E-state index in [0.717, 1.165) is 12.1 Å². The molecular weight excluding hydrogens is 292 g/mol. The number of hydrogen-bond donors (Lipinski definition) is 3. The zero-order valence-corrected chi connectivity index (χ0v) is 12.0. The van der Waals surface area contributed by atoms with Crippen molar-refractivity contribution < 1.29 is 19.3 Å². The van der Waals surface area contributed by atoms with Crippen molar-refractivity contribution in [2.75, 3.05) is 0 Å². The monoisotopic (exact) mass is 308 g/mol. The van der Waals surface area contributed by atoms with Crippen molar-refractivity contribution in [1.29, 1.82) is 0 Å². The fourth-order valence-electron chi connectivity index (χ4n) is 1.44. The van der Waals surface area contributed by atoms with E-state index in [-0.39, 0.29) is 11.3 Å². The van der Waals surface area contributed by atoms with Crippen molar-refractivity contribution >= 4 is 23.4 Å². The van der Waals surface area contributed by atoms with E-state index in [4.69, 9.17) is 5.73 Å². The van der Waals surface area contributed by atoms with Crippen LogP contribution in [0.25, 0.3) is 0 Å². The number of rotatable bonds is 5. The molecule has 0 radical (unpaired) electrons. The maximum absolute atomic E-state index is 11.8. The number of non-ortho nitro benzene ring substituents is 1. The van der Waals surface area contributed by atoms with Crippen molar-refractivity contribution in [2.24, 2.45) is 5.73 Å². The van der Waals surface area contributed by atoms with Gasteiger partial charge >= 0.3 is 0 Å². The van der Waals surface area contributed by atoms with Crippen LogP contribution in [-0.4, -0.2) is 34.7 Å². The molecule has 0 spiro atoms. The average molecular weight is 308 g/mol. The predicted molar refractivity (Wildman–Crippen MR) is 76.8 cm³/mol. The number of carbonyl (C=O) groups is 3. The smallest absolute Gasteiger partial charge is 0.269 e. The van der Waals surface area contributed by atoms with Gasteiger partial charge in [-0.25, -0.2) is 0 Å². The molecular formula is C13H16N4O5. The van der Waals surface area contributed by atoms with Gasteiger partial charge in [-0.2, -0.15) is 0 Å². The molecule has 9 heteroatoms. The number of amides is 3. The highest BCUT2D eigenvalue weighted by Gasteiger charge is 2.20. The zero-order chi connectivity index (χ0) is 16.9. The number of imide groups is 1. The Morgan fingerprint density at radius 2 is 1.68 bits per heavy atom. The Hall–Kier alpha value is -2.81. The van der Waals surface area contributed by atoms with Gasteiger partial charge < -0.3 is 11.1 Å². The third kappa shape index (κ3) is 4.63. The second-order valence-electron chi connectivity index (χ2n) is 4.64. The number of nitro benzene ring substituents is 1. The normalized spacial score (nSPS) is 12.9. The van der Waals surface area contributed by atoms with E-state index in [2.05, 4.69) is 10.6 Å². The molecule has 0 aromatic heterocycles. The summed E-state index contributed by atoms with van der Waals surface area (Å²) in [6, 6.07) is 3.04. The average Bonchev–Trinajstić information content (AvgIpc) is 2.46. The van der Waals surface area contributed by atoms with E-state index in [1.807, 2.05) is 0 Å². The quantitative estimate of drug-likeness (QED) is 0.503. The first-order valence-corrected chi connectivity index (χ1v) is 6.38. The van der Waals surface area contributed by atoms with E-state index in [0.29, 0.717) is 0 Å². The first-order valence-electron chi connectivity index (χ1n) is 6.38. The molecule has 3 amide bonds. The second-order valence-corrected chi connectivity index (χ2v) is 4.64. The Morgan fingerprint density at radius 3 is 2.14 bits per heavy atom. The maximum Gasteiger partial charge on any atom is 0.269 e. The largest absolute Gasteiger partial charge is 0.343 e. The summed E-state index contributed by atoms with van der Waals surface area (Å²) in [6.45, 7) is 2.86. The summed E-state index contributed by atoms with van der Waals surface area (Å²) in [6.07, 6.45) is 0. The Balaban J connectivity index is 2.65. The number of nitro groups is 1. The molecule has 1 aromatic carbocycles. The number of hydrogen-bond acceptors (Lipinski definition) is 6. The number of nitrogens with two attached hydrogens (primary N) is 1. The molecule has 0 saturated carbocycles. The lowest BCUT2D eigenvalue weighted by Gasteiger charge is -2.14. The van der Waals surface area contributed by atoms with Crippen LogP contribution < -0.4 is 16.4 Å². The van der Waals surface area contributed by atoms with Gasteiger partial charge in [0.25, 0.3) is 11.6 Å². The molecule has 2 atom stereocenters. The van der Waals surface area contributed by atoms with Crippen LogP contribution in [0, 0.1) is 10.1 Å². The highest BCUT2D eigenvalue weighted by molar-refractivity contribution is 6.06. The van der Waals surface area contributed by atoms with E-state index in [1.165, 1.54) is 26.0 Å². The molecule has 0 heterocycles. The third-order valence-electron chi connectivity index (χ3n) is 2.74. The van der Waals surface area contributed by atoms with Crippen LogP contribution in [0.4, 0.5) is 5.69 Å². The van der Waals surface area contributed by atoms with Crippen molar-refractivity contribution in [2.45, 2.75) is 25.9 Å². The van der Waals surface area contributed by atoms with E-state index in [1.54, 1.807) is 0 Å². The fourth-order valence-corrected chi connectivity index (χ4v) is 1.44. The van der Waals surface area contributed by atoms with Crippen LogP contribution in [0.15, 0.2) is 24.3 Å². The summed E-state index contributed by atoms with van der Waals surface area (Å²) >= 11 is 0. The minimum Gasteiger partial charge on any atom is -0.343 e. The van der Waals surface area contributed by atoms with E-state index in [9.17, 15) is 24.5 Å². The van der Waals surface area contributed by atoms with Crippen LogP contribution in [0.2, 0.25) is 0 Å². The highest BCUT2D eigenvalue weighted by Crippen LogP contribution is 2.11. The van der Waals surface area contributed by atoms with Crippen molar-refractivity contribution in [3.05, 3.63) is 39.9 Å². The summed E-state index contributed by atoms with van der Waals surface area (Å²) in [5, 5.41) is 14.9. The number of carbonyl (C=O) groups excluding carboxylic acids is 3. The van der Waals surface area contributed by atoms with Crippen LogP contribution in [0.3, 0.4) is 0 Å². The highest BCUT2D eigenvalue weighted by atomic mass is 16.6. The van der Waals surface area contributed by atoms with Gasteiger partial charge in [0.05, 0.1) is 11.0 Å². The van der Waals surface area contributed by atoms with Crippen molar-refractivity contribution in [3.63, 3.8) is 0 Å². The minimum atomic E-state index is -0.944. The molecule has 0 bridgehead atoms. The minimum absolute atomic E-state index is 0.0877. The Morgan fingerprint density at radius 1 is 1.14 bits per heavy atom. The standard InChI is InChI=1S/C13H16N4O5/c1-7(14)11(18)15-8(2)12(19)16-13(20)9-3-5-10(6-4-9)17(21)22/h3-8H,14H2,1-2H3,(H,15,18)(H,16,19,20)/t7-,8-/m0/s1. The topological polar surface area (TPSA) is 144 Å². The second kappa shape index (κ2) is 7.27. The molecule has 1 aromatic rings. The summed E-state index contributed by atoms with van der Waals surface area (Å²) in [5.41, 5.74) is 5.27. The molecule has 0 aliphatic rings. The molecule has 0 aliphatic heterocycles. The summed E-state index contributed by atoms with van der Waals surface area (Å²) < 4.78 is 0. The summed E-state index contributed by atoms with van der Waals surface area (Å²) in [4.78, 5) is 44.8. The molecule has 0 saturated heterocycles. The Bertz CT molecular complexity index is 597. The molecule has 9 nitrogen and oxygen atoms in total.